The summed E-state index contributed by atoms with van der Waals surface area (Å²) in [5, 5.41) is 9.32. The van der Waals surface area contributed by atoms with Gasteiger partial charge in [0.15, 0.2) is 5.76 Å². The Bertz CT molecular complexity index is 751. The molecule has 2 aromatic carbocycles. The molecule has 0 saturated heterocycles. The van der Waals surface area contributed by atoms with Crippen LogP contribution in [-0.4, -0.2) is 10.9 Å². The van der Waals surface area contributed by atoms with Crippen molar-refractivity contribution in [1.29, 1.82) is 0 Å². The lowest BCUT2D eigenvalue weighted by atomic mass is 10.1. The molecule has 0 spiro atoms. The summed E-state index contributed by atoms with van der Waals surface area (Å²) >= 11 is 0. The molecule has 0 saturated carbocycles. The molecule has 20 heavy (non-hydrogen) atoms. The summed E-state index contributed by atoms with van der Waals surface area (Å²) < 4.78 is 31.9. The van der Waals surface area contributed by atoms with Crippen LogP contribution in [-0.2, 0) is 0 Å². The van der Waals surface area contributed by atoms with E-state index in [1.165, 1.54) is 18.2 Å². The number of fused-ring (bicyclic) bond motifs is 1. The van der Waals surface area contributed by atoms with Crippen LogP contribution in [0.3, 0.4) is 0 Å². The minimum Gasteiger partial charge on any atom is -0.508 e. The number of halogens is 2. The topological polar surface area (TPSA) is 46.5 Å². The molecule has 0 aromatic heterocycles. The van der Waals surface area contributed by atoms with Crippen LogP contribution in [0.25, 0.3) is 6.08 Å². The molecule has 2 aromatic rings. The van der Waals surface area contributed by atoms with Gasteiger partial charge in [-0.1, -0.05) is 0 Å². The number of aromatic hydroxyl groups is 1. The van der Waals surface area contributed by atoms with Crippen molar-refractivity contribution < 1.29 is 23.4 Å². The van der Waals surface area contributed by atoms with Gasteiger partial charge in [0, 0.05) is 11.6 Å². The lowest BCUT2D eigenvalue weighted by Crippen LogP contribution is -1.99. The summed E-state index contributed by atoms with van der Waals surface area (Å²) in [6.07, 6.45) is 1.14. The first-order chi connectivity index (χ1) is 9.54. The van der Waals surface area contributed by atoms with Gasteiger partial charge in [-0.25, -0.2) is 8.78 Å². The molecular formula is C15H8F2O3. The van der Waals surface area contributed by atoms with Crippen molar-refractivity contribution in [2.45, 2.75) is 0 Å². The van der Waals surface area contributed by atoms with Crippen molar-refractivity contribution in [1.82, 2.24) is 0 Å². The molecule has 0 bridgehead atoms. The van der Waals surface area contributed by atoms with Crippen LogP contribution in [0.4, 0.5) is 8.78 Å². The number of carbonyl (C=O) groups excluding carboxylic acids is 1. The molecule has 3 nitrogen and oxygen atoms in total. The molecule has 0 aliphatic carbocycles. The maximum Gasteiger partial charge on any atom is 0.231 e. The van der Waals surface area contributed by atoms with Crippen molar-refractivity contribution >= 4 is 11.9 Å². The minimum absolute atomic E-state index is 0.0465. The smallest absolute Gasteiger partial charge is 0.231 e. The number of allylic oxidation sites excluding steroid dienone is 1. The predicted molar refractivity (Wildman–Crippen MR) is 67.4 cm³/mol. The Labute approximate surface area is 112 Å². The monoisotopic (exact) mass is 274 g/mol. The zero-order chi connectivity index (χ0) is 14.3. The normalized spacial score (nSPS) is 15.3. The highest BCUT2D eigenvalue weighted by Crippen LogP contribution is 2.34. The van der Waals surface area contributed by atoms with E-state index in [9.17, 15) is 18.7 Å². The fraction of sp³-hybridized carbons (Fsp3) is 0. The molecule has 1 aliphatic heterocycles. The van der Waals surface area contributed by atoms with Crippen LogP contribution in [0.2, 0.25) is 0 Å². The molecule has 0 amide bonds. The highest BCUT2D eigenvalue weighted by Gasteiger charge is 2.27. The van der Waals surface area contributed by atoms with E-state index in [-0.39, 0.29) is 28.4 Å². The van der Waals surface area contributed by atoms with Crippen molar-refractivity contribution in [2.24, 2.45) is 0 Å². The van der Waals surface area contributed by atoms with Gasteiger partial charge in [-0.3, -0.25) is 4.79 Å². The van der Waals surface area contributed by atoms with Gasteiger partial charge in [0.25, 0.3) is 0 Å². The number of rotatable bonds is 1. The summed E-state index contributed by atoms with van der Waals surface area (Å²) in [7, 11) is 0. The first kappa shape index (κ1) is 12.3. The number of hydrogen-bond donors (Lipinski definition) is 1. The lowest BCUT2D eigenvalue weighted by Gasteiger charge is -2.00. The fourth-order valence-corrected chi connectivity index (χ4v) is 1.94. The van der Waals surface area contributed by atoms with E-state index >= 15 is 0 Å². The average Bonchev–Trinajstić information content (AvgIpc) is 2.70. The van der Waals surface area contributed by atoms with Crippen molar-refractivity contribution in [3.63, 3.8) is 0 Å². The van der Waals surface area contributed by atoms with Crippen molar-refractivity contribution in [2.75, 3.05) is 0 Å². The van der Waals surface area contributed by atoms with E-state index < -0.39 is 17.4 Å². The van der Waals surface area contributed by atoms with Crippen molar-refractivity contribution in [3.8, 4) is 11.5 Å². The Balaban J connectivity index is 2.03. The number of Topliss-reactive ketones (excluding diaryl/α,β-unsaturated/α-hetero) is 1. The zero-order valence-electron chi connectivity index (χ0n) is 10.1. The third-order valence-corrected chi connectivity index (χ3v) is 2.90. The second-order valence-electron chi connectivity index (χ2n) is 4.29. The fourth-order valence-electron chi connectivity index (χ4n) is 1.94. The van der Waals surface area contributed by atoms with E-state index in [0.717, 1.165) is 24.3 Å². The number of ether oxygens (including phenoxy) is 1. The quantitative estimate of drug-likeness (QED) is 0.812. The van der Waals surface area contributed by atoms with Gasteiger partial charge in [0.2, 0.25) is 5.78 Å². The van der Waals surface area contributed by atoms with Gasteiger partial charge in [-0.15, -0.1) is 0 Å². The maximum absolute atomic E-state index is 13.5. The van der Waals surface area contributed by atoms with E-state index in [0.29, 0.717) is 0 Å². The lowest BCUT2D eigenvalue weighted by molar-refractivity contribution is 0.101. The summed E-state index contributed by atoms with van der Waals surface area (Å²) in [5.41, 5.74) is 0.191. The molecule has 1 heterocycles. The standard InChI is InChI=1S/C15H8F2O3/c16-9-1-4-12(17)8(5-9)6-14-15(19)11-3-2-10(18)7-13(11)20-14/h1-7,18H/b14-6+. The van der Waals surface area contributed by atoms with Gasteiger partial charge >= 0.3 is 0 Å². The number of hydrogen-bond acceptors (Lipinski definition) is 3. The number of benzene rings is 2. The predicted octanol–water partition coefficient (Wildman–Crippen LogP) is 3.29. The summed E-state index contributed by atoms with van der Waals surface area (Å²) in [5.74, 6) is -1.68. The number of carbonyl (C=O) groups is 1. The number of ketones is 1. The summed E-state index contributed by atoms with van der Waals surface area (Å²) in [6.45, 7) is 0. The van der Waals surface area contributed by atoms with Crippen LogP contribution < -0.4 is 4.74 Å². The van der Waals surface area contributed by atoms with Gasteiger partial charge in [-0.2, -0.15) is 0 Å². The van der Waals surface area contributed by atoms with Crippen molar-refractivity contribution in [3.05, 3.63) is 64.9 Å². The third-order valence-electron chi connectivity index (χ3n) is 2.90. The highest BCUT2D eigenvalue weighted by atomic mass is 19.1. The Morgan fingerprint density at radius 2 is 1.90 bits per heavy atom. The first-order valence-corrected chi connectivity index (χ1v) is 5.77. The Morgan fingerprint density at radius 3 is 2.70 bits per heavy atom. The SMILES string of the molecule is O=C1/C(=C\c2cc(F)ccc2F)Oc2cc(O)ccc21. The highest BCUT2D eigenvalue weighted by molar-refractivity contribution is 6.14. The van der Waals surface area contributed by atoms with E-state index in [1.54, 1.807) is 0 Å². The number of phenols is 1. The molecule has 5 heteroatoms. The van der Waals surface area contributed by atoms with Crippen LogP contribution in [0.15, 0.2) is 42.2 Å². The molecule has 3 rings (SSSR count). The van der Waals surface area contributed by atoms with Crippen LogP contribution in [0.1, 0.15) is 15.9 Å². The van der Waals surface area contributed by atoms with Gasteiger partial charge in [0.05, 0.1) is 5.56 Å². The molecule has 1 N–H and O–H groups in total. The molecule has 1 aliphatic rings. The van der Waals surface area contributed by atoms with E-state index in [2.05, 4.69) is 0 Å². The Kier molecular flexibility index (Phi) is 2.75. The molecule has 100 valence electrons. The Morgan fingerprint density at radius 1 is 1.10 bits per heavy atom. The molecule has 0 radical (unpaired) electrons. The average molecular weight is 274 g/mol. The van der Waals surface area contributed by atoms with E-state index in [4.69, 9.17) is 4.74 Å². The molecule has 0 atom stereocenters. The minimum atomic E-state index is -0.658. The van der Waals surface area contributed by atoms with Crippen LogP contribution >= 0.6 is 0 Å². The molecular weight excluding hydrogens is 266 g/mol. The van der Waals surface area contributed by atoms with Crippen LogP contribution in [0, 0.1) is 11.6 Å². The van der Waals surface area contributed by atoms with Crippen LogP contribution in [0.5, 0.6) is 11.5 Å². The molecule has 0 unspecified atom stereocenters. The third kappa shape index (κ3) is 2.03. The van der Waals surface area contributed by atoms with Gasteiger partial charge in [0.1, 0.15) is 23.1 Å². The largest absolute Gasteiger partial charge is 0.508 e. The first-order valence-electron chi connectivity index (χ1n) is 5.77. The Hall–Kier alpha value is -2.69. The van der Waals surface area contributed by atoms with E-state index in [1.807, 2.05) is 0 Å². The van der Waals surface area contributed by atoms with Gasteiger partial charge < -0.3 is 9.84 Å². The number of phenolic OH excluding ortho intramolecular Hbond substituents is 1. The summed E-state index contributed by atoms with van der Waals surface area (Å²) in [6, 6.07) is 6.98. The zero-order valence-corrected chi connectivity index (χ0v) is 10.1. The molecule has 0 fully saturated rings. The van der Waals surface area contributed by atoms with Gasteiger partial charge in [-0.05, 0) is 36.4 Å². The second-order valence-corrected chi connectivity index (χ2v) is 4.29. The summed E-state index contributed by atoms with van der Waals surface area (Å²) in [4.78, 5) is 12.0. The second kappa shape index (κ2) is 4.45. The maximum atomic E-state index is 13.5.